The van der Waals surface area contributed by atoms with Gasteiger partial charge < -0.3 is 18.9 Å². The van der Waals surface area contributed by atoms with Gasteiger partial charge in [0.1, 0.15) is 6.61 Å². The zero-order chi connectivity index (χ0) is 17.0. The number of hydrogen-bond donors (Lipinski definition) is 0. The second kappa shape index (κ2) is 11.1. The fourth-order valence-corrected chi connectivity index (χ4v) is 2.31. The average molecular weight is 337 g/mol. The molecule has 24 heavy (non-hydrogen) atoms. The first-order valence-electron chi connectivity index (χ1n) is 8.45. The minimum atomic E-state index is -0.283. The SMILES string of the molecule is Cc1ccc(C(=O)OCCN2CCOCCOCCOCC2)cc1. The summed E-state index contributed by atoms with van der Waals surface area (Å²) in [6, 6.07) is 7.39. The molecule has 0 unspecified atom stereocenters. The Labute approximate surface area is 143 Å². The summed E-state index contributed by atoms with van der Waals surface area (Å²) in [5.41, 5.74) is 1.71. The van der Waals surface area contributed by atoms with Gasteiger partial charge in [0, 0.05) is 19.6 Å². The fourth-order valence-electron chi connectivity index (χ4n) is 2.31. The summed E-state index contributed by atoms with van der Waals surface area (Å²) in [6.45, 7) is 8.22. The third kappa shape index (κ3) is 7.40. The van der Waals surface area contributed by atoms with Gasteiger partial charge in [-0.3, -0.25) is 4.90 Å². The first kappa shape index (κ1) is 18.9. The highest BCUT2D eigenvalue weighted by atomic mass is 16.5. The standard InChI is InChI=1S/C18H27NO5/c1-16-2-4-17(5-3-16)18(20)24-11-8-19-6-9-21-12-14-23-15-13-22-10-7-19/h2-5H,6-15H2,1H3. The average Bonchev–Trinajstić information content (AvgIpc) is 2.57. The molecule has 0 bridgehead atoms. The maximum atomic E-state index is 12.0. The molecule has 1 aromatic rings. The van der Waals surface area contributed by atoms with Crippen LogP contribution in [-0.2, 0) is 18.9 Å². The highest BCUT2D eigenvalue weighted by Gasteiger charge is 2.10. The lowest BCUT2D eigenvalue weighted by molar-refractivity contribution is -0.00877. The van der Waals surface area contributed by atoms with Crippen molar-refractivity contribution in [2.45, 2.75) is 6.92 Å². The third-order valence-corrected chi connectivity index (χ3v) is 3.78. The first-order chi connectivity index (χ1) is 11.8. The lowest BCUT2D eigenvalue weighted by Crippen LogP contribution is -2.35. The third-order valence-electron chi connectivity index (χ3n) is 3.78. The van der Waals surface area contributed by atoms with Crippen molar-refractivity contribution >= 4 is 5.97 Å². The lowest BCUT2D eigenvalue weighted by Gasteiger charge is -2.22. The van der Waals surface area contributed by atoms with Crippen LogP contribution in [0, 0.1) is 6.92 Å². The van der Waals surface area contributed by atoms with Gasteiger partial charge in [0.2, 0.25) is 0 Å². The van der Waals surface area contributed by atoms with E-state index in [9.17, 15) is 4.79 Å². The molecule has 134 valence electrons. The molecule has 0 saturated carbocycles. The van der Waals surface area contributed by atoms with Crippen LogP contribution in [0.25, 0.3) is 0 Å². The molecule has 0 aliphatic carbocycles. The fraction of sp³-hybridized carbons (Fsp3) is 0.611. The van der Waals surface area contributed by atoms with Crippen molar-refractivity contribution in [3.05, 3.63) is 35.4 Å². The maximum Gasteiger partial charge on any atom is 0.338 e. The molecule has 0 radical (unpaired) electrons. The van der Waals surface area contributed by atoms with Crippen LogP contribution in [0.3, 0.4) is 0 Å². The second-order valence-electron chi connectivity index (χ2n) is 5.68. The van der Waals surface area contributed by atoms with Gasteiger partial charge in [0.05, 0.1) is 45.2 Å². The zero-order valence-electron chi connectivity index (χ0n) is 14.4. The Morgan fingerprint density at radius 3 is 2.08 bits per heavy atom. The Hall–Kier alpha value is -1.47. The summed E-state index contributed by atoms with van der Waals surface area (Å²) in [5.74, 6) is -0.283. The molecule has 1 aromatic carbocycles. The molecule has 1 heterocycles. The number of rotatable bonds is 4. The Morgan fingerprint density at radius 1 is 0.958 bits per heavy atom. The highest BCUT2D eigenvalue weighted by molar-refractivity contribution is 5.89. The minimum absolute atomic E-state index is 0.283. The summed E-state index contributed by atoms with van der Waals surface area (Å²) >= 11 is 0. The first-order valence-corrected chi connectivity index (χ1v) is 8.45. The van der Waals surface area contributed by atoms with Crippen LogP contribution in [0.1, 0.15) is 15.9 Å². The number of benzene rings is 1. The van der Waals surface area contributed by atoms with Crippen molar-refractivity contribution in [3.8, 4) is 0 Å². The van der Waals surface area contributed by atoms with Gasteiger partial charge in [-0.05, 0) is 19.1 Å². The van der Waals surface area contributed by atoms with Crippen molar-refractivity contribution in [2.24, 2.45) is 0 Å². The molecule has 0 spiro atoms. The van der Waals surface area contributed by atoms with E-state index in [1.807, 2.05) is 19.1 Å². The monoisotopic (exact) mass is 337 g/mol. The van der Waals surface area contributed by atoms with Crippen LogP contribution in [0.15, 0.2) is 24.3 Å². The van der Waals surface area contributed by atoms with E-state index in [2.05, 4.69) is 4.90 Å². The summed E-state index contributed by atoms with van der Waals surface area (Å²) in [4.78, 5) is 14.2. The molecule has 0 amide bonds. The number of esters is 1. The van der Waals surface area contributed by atoms with E-state index >= 15 is 0 Å². The molecule has 0 atom stereocenters. The van der Waals surface area contributed by atoms with Crippen molar-refractivity contribution in [3.63, 3.8) is 0 Å². The summed E-state index contributed by atoms with van der Waals surface area (Å²) < 4.78 is 21.8. The van der Waals surface area contributed by atoms with E-state index < -0.39 is 0 Å². The van der Waals surface area contributed by atoms with E-state index in [1.165, 1.54) is 0 Å². The Balaban J connectivity index is 1.71. The number of ether oxygens (including phenoxy) is 4. The zero-order valence-corrected chi connectivity index (χ0v) is 14.4. The van der Waals surface area contributed by atoms with Crippen LogP contribution >= 0.6 is 0 Å². The molecule has 1 aliphatic heterocycles. The molecular weight excluding hydrogens is 310 g/mol. The normalized spacial score (nSPS) is 18.4. The van der Waals surface area contributed by atoms with Gasteiger partial charge in [-0.15, -0.1) is 0 Å². The van der Waals surface area contributed by atoms with Gasteiger partial charge in [-0.1, -0.05) is 17.7 Å². The largest absolute Gasteiger partial charge is 0.461 e. The van der Waals surface area contributed by atoms with Crippen LogP contribution in [0.5, 0.6) is 0 Å². The van der Waals surface area contributed by atoms with Gasteiger partial charge in [-0.25, -0.2) is 4.79 Å². The lowest BCUT2D eigenvalue weighted by atomic mass is 10.1. The summed E-state index contributed by atoms with van der Waals surface area (Å²) in [7, 11) is 0. The molecule has 6 heteroatoms. The number of carbonyl (C=O) groups excluding carboxylic acids is 1. The highest BCUT2D eigenvalue weighted by Crippen LogP contribution is 2.05. The van der Waals surface area contributed by atoms with E-state index in [0.29, 0.717) is 58.4 Å². The van der Waals surface area contributed by atoms with Crippen LogP contribution in [0.4, 0.5) is 0 Å². The Bertz CT molecular complexity index is 465. The second-order valence-corrected chi connectivity index (χ2v) is 5.68. The molecule has 1 fully saturated rings. The van der Waals surface area contributed by atoms with Gasteiger partial charge in [0.15, 0.2) is 0 Å². The Morgan fingerprint density at radius 2 is 1.50 bits per heavy atom. The van der Waals surface area contributed by atoms with Crippen molar-refractivity contribution in [2.75, 3.05) is 65.9 Å². The smallest absolute Gasteiger partial charge is 0.338 e. The minimum Gasteiger partial charge on any atom is -0.461 e. The maximum absolute atomic E-state index is 12.0. The van der Waals surface area contributed by atoms with E-state index in [1.54, 1.807) is 12.1 Å². The van der Waals surface area contributed by atoms with Crippen LogP contribution in [0.2, 0.25) is 0 Å². The molecule has 6 nitrogen and oxygen atoms in total. The van der Waals surface area contributed by atoms with Gasteiger partial charge in [0.25, 0.3) is 0 Å². The van der Waals surface area contributed by atoms with Gasteiger partial charge in [-0.2, -0.15) is 0 Å². The molecule has 1 saturated heterocycles. The summed E-state index contributed by atoms with van der Waals surface area (Å²) in [5, 5.41) is 0. The topological polar surface area (TPSA) is 57.2 Å². The van der Waals surface area contributed by atoms with E-state index in [4.69, 9.17) is 18.9 Å². The predicted molar refractivity (Wildman–Crippen MR) is 90.4 cm³/mol. The predicted octanol–water partition coefficient (Wildman–Crippen LogP) is 1.52. The van der Waals surface area contributed by atoms with E-state index in [-0.39, 0.29) is 5.97 Å². The Kier molecular flexibility index (Phi) is 8.76. The molecule has 0 N–H and O–H groups in total. The van der Waals surface area contributed by atoms with Crippen LogP contribution < -0.4 is 0 Å². The van der Waals surface area contributed by atoms with Crippen molar-refractivity contribution in [1.82, 2.24) is 4.90 Å². The number of nitrogens with zero attached hydrogens (tertiary/aromatic N) is 1. The quantitative estimate of drug-likeness (QED) is 0.777. The molecule has 2 rings (SSSR count). The number of aryl methyl sites for hydroxylation is 1. The number of carbonyl (C=O) groups is 1. The van der Waals surface area contributed by atoms with Crippen molar-refractivity contribution in [1.29, 1.82) is 0 Å². The van der Waals surface area contributed by atoms with E-state index in [0.717, 1.165) is 18.7 Å². The molecular formula is C18H27NO5. The molecule has 1 aliphatic rings. The van der Waals surface area contributed by atoms with Gasteiger partial charge >= 0.3 is 5.97 Å². The van der Waals surface area contributed by atoms with Crippen LogP contribution in [-0.4, -0.2) is 76.8 Å². The summed E-state index contributed by atoms with van der Waals surface area (Å²) in [6.07, 6.45) is 0. The van der Waals surface area contributed by atoms with Crippen molar-refractivity contribution < 1.29 is 23.7 Å². The number of hydrogen-bond acceptors (Lipinski definition) is 6. The molecule has 0 aromatic heterocycles.